The number of aromatic nitrogens is 3. The minimum Gasteiger partial charge on any atom is -0.326 e. The lowest BCUT2D eigenvalue weighted by Crippen LogP contribution is -2.33. The molecule has 0 radical (unpaired) electrons. The largest absolute Gasteiger partial charge is 0.326 e. The van der Waals surface area contributed by atoms with Gasteiger partial charge in [-0.25, -0.2) is 0 Å². The number of nitrogens with zero attached hydrogens (tertiary/aromatic N) is 4. The van der Waals surface area contributed by atoms with E-state index in [1.54, 1.807) is 17.4 Å². The average Bonchev–Trinajstić information content (AvgIpc) is 3.23. The number of hydrogen-bond acceptors (Lipinski definition) is 5. The minimum atomic E-state index is -0.340. The van der Waals surface area contributed by atoms with Gasteiger partial charge in [-0.15, -0.1) is 10.2 Å². The lowest BCUT2D eigenvalue weighted by molar-refractivity contribution is -0.129. The van der Waals surface area contributed by atoms with E-state index in [9.17, 15) is 9.59 Å². The van der Waals surface area contributed by atoms with Gasteiger partial charge in [0.15, 0.2) is 5.16 Å². The zero-order valence-corrected chi connectivity index (χ0v) is 17.5. The van der Waals surface area contributed by atoms with Crippen LogP contribution in [0.25, 0.3) is 11.8 Å². The first kappa shape index (κ1) is 19.9. The van der Waals surface area contributed by atoms with Gasteiger partial charge in [0.1, 0.15) is 6.33 Å². The molecule has 0 unspecified atom stereocenters. The molecule has 1 aromatic heterocycles. The summed E-state index contributed by atoms with van der Waals surface area (Å²) in [5.74, 6) is -0.264. The van der Waals surface area contributed by atoms with E-state index in [4.69, 9.17) is 0 Å². The molecule has 0 aliphatic carbocycles. The fourth-order valence-electron chi connectivity index (χ4n) is 3.58. The summed E-state index contributed by atoms with van der Waals surface area (Å²) in [7, 11) is 0. The fraction of sp³-hybridized carbons (Fsp3) is 0.182. The number of carbonyl (C=O) groups is 2. The van der Waals surface area contributed by atoms with E-state index in [1.807, 2.05) is 65.4 Å². The summed E-state index contributed by atoms with van der Waals surface area (Å²) in [6.07, 6.45) is 7.39. The number of thioether (sulfide) groups is 1. The summed E-state index contributed by atoms with van der Waals surface area (Å²) in [5, 5.41) is 11.7. The third kappa shape index (κ3) is 3.99. The first-order chi connectivity index (χ1) is 14.6. The highest BCUT2D eigenvalue weighted by atomic mass is 32.2. The number of amides is 2. The molecule has 1 aliphatic rings. The van der Waals surface area contributed by atoms with Crippen LogP contribution in [-0.4, -0.2) is 37.7 Å². The van der Waals surface area contributed by atoms with E-state index in [0.717, 1.165) is 22.0 Å². The van der Waals surface area contributed by atoms with Gasteiger partial charge in [0.05, 0.1) is 18.2 Å². The van der Waals surface area contributed by atoms with Crippen molar-refractivity contribution in [2.24, 2.45) is 0 Å². The summed E-state index contributed by atoms with van der Waals surface area (Å²) < 4.78 is 1.86. The predicted octanol–water partition coefficient (Wildman–Crippen LogP) is 3.89. The van der Waals surface area contributed by atoms with Crippen LogP contribution in [-0.2, 0) is 9.59 Å². The zero-order valence-electron chi connectivity index (χ0n) is 16.6. The van der Waals surface area contributed by atoms with Gasteiger partial charge < -0.3 is 10.2 Å². The Morgan fingerprint density at radius 2 is 2.00 bits per heavy atom. The number of anilines is 1. The van der Waals surface area contributed by atoms with Crippen LogP contribution in [0.4, 0.5) is 5.69 Å². The van der Waals surface area contributed by atoms with Gasteiger partial charge in [0.2, 0.25) is 11.8 Å². The molecule has 1 aliphatic heterocycles. The molecule has 2 heterocycles. The van der Waals surface area contributed by atoms with E-state index in [0.29, 0.717) is 5.69 Å². The van der Waals surface area contributed by atoms with E-state index in [1.165, 1.54) is 18.7 Å². The first-order valence-corrected chi connectivity index (χ1v) is 10.7. The van der Waals surface area contributed by atoms with Crippen molar-refractivity contribution < 1.29 is 9.59 Å². The molecule has 0 bridgehead atoms. The Bertz CT molecular complexity index is 1120. The van der Waals surface area contributed by atoms with Crippen molar-refractivity contribution in [2.75, 3.05) is 11.6 Å². The Hall–Kier alpha value is -3.39. The molecule has 8 heteroatoms. The Labute approximate surface area is 178 Å². The smallest absolute Gasteiger partial charge is 0.226 e. The molecule has 152 valence electrons. The van der Waals surface area contributed by atoms with Crippen molar-refractivity contribution >= 4 is 35.3 Å². The third-order valence-electron chi connectivity index (χ3n) is 4.95. The number of benzene rings is 2. The lowest BCUT2D eigenvalue weighted by atomic mass is 9.93. The maximum Gasteiger partial charge on any atom is 0.226 e. The molecule has 2 amide bonds. The van der Waals surface area contributed by atoms with Crippen LogP contribution in [0.5, 0.6) is 0 Å². The Morgan fingerprint density at radius 3 is 2.80 bits per heavy atom. The maximum atomic E-state index is 12.9. The quantitative estimate of drug-likeness (QED) is 0.635. The molecule has 4 rings (SSSR count). The fourth-order valence-corrected chi connectivity index (χ4v) is 4.05. The highest BCUT2D eigenvalue weighted by molar-refractivity contribution is 7.98. The molecule has 0 fully saturated rings. The van der Waals surface area contributed by atoms with Gasteiger partial charge in [0.25, 0.3) is 0 Å². The second-order valence-electron chi connectivity index (χ2n) is 6.88. The van der Waals surface area contributed by atoms with Crippen LogP contribution in [0, 0.1) is 0 Å². The van der Waals surface area contributed by atoms with Crippen LogP contribution in [0.3, 0.4) is 0 Å². The standard InChI is InChI=1S/C22H21N5O2S/c1-15(28)26-11-10-16-6-3-4-9-19(16)20(26)13-21(29)24-17-7-5-8-18(12-17)27-14-23-25-22(27)30-2/h3-12,14,20H,13H2,1-2H3,(H,24,29)/t20-/m0/s1. The SMILES string of the molecule is CSc1nncn1-c1cccc(NC(=O)C[C@H]2c3ccccc3C=CN2C(C)=O)c1. The van der Waals surface area contributed by atoms with Crippen LogP contribution in [0.2, 0.25) is 0 Å². The molecule has 7 nitrogen and oxygen atoms in total. The highest BCUT2D eigenvalue weighted by Crippen LogP contribution is 2.33. The Morgan fingerprint density at radius 1 is 1.17 bits per heavy atom. The molecule has 0 spiro atoms. The van der Waals surface area contributed by atoms with Crippen molar-refractivity contribution in [3.8, 4) is 5.69 Å². The highest BCUT2D eigenvalue weighted by Gasteiger charge is 2.28. The third-order valence-corrected chi connectivity index (χ3v) is 5.60. The van der Waals surface area contributed by atoms with Crippen molar-refractivity contribution in [3.05, 3.63) is 72.2 Å². The number of carbonyl (C=O) groups excluding carboxylic acids is 2. The molecular formula is C22H21N5O2S. The van der Waals surface area contributed by atoms with Gasteiger partial charge in [-0.3, -0.25) is 14.2 Å². The number of rotatable bonds is 5. The van der Waals surface area contributed by atoms with Crippen LogP contribution < -0.4 is 5.32 Å². The second-order valence-corrected chi connectivity index (χ2v) is 7.65. The van der Waals surface area contributed by atoms with Crippen molar-refractivity contribution in [3.63, 3.8) is 0 Å². The van der Waals surface area contributed by atoms with Gasteiger partial charge in [0, 0.05) is 18.8 Å². The van der Waals surface area contributed by atoms with Crippen molar-refractivity contribution in [1.82, 2.24) is 19.7 Å². The molecule has 3 aromatic rings. The summed E-state index contributed by atoms with van der Waals surface area (Å²) in [4.78, 5) is 26.6. The van der Waals surface area contributed by atoms with E-state index >= 15 is 0 Å². The normalized spacial score (nSPS) is 15.0. The molecule has 0 saturated carbocycles. The van der Waals surface area contributed by atoms with E-state index in [2.05, 4.69) is 15.5 Å². The molecule has 2 aromatic carbocycles. The van der Waals surface area contributed by atoms with E-state index < -0.39 is 0 Å². The molecule has 1 atom stereocenters. The summed E-state index contributed by atoms with van der Waals surface area (Å²) in [5.41, 5.74) is 3.52. The minimum absolute atomic E-state index is 0.0993. The summed E-state index contributed by atoms with van der Waals surface area (Å²) in [6.45, 7) is 1.51. The predicted molar refractivity (Wildman–Crippen MR) is 117 cm³/mol. The van der Waals surface area contributed by atoms with Gasteiger partial charge in [-0.1, -0.05) is 42.1 Å². The number of hydrogen-bond donors (Lipinski definition) is 1. The van der Waals surface area contributed by atoms with E-state index in [-0.39, 0.29) is 24.3 Å². The van der Waals surface area contributed by atoms with Crippen molar-refractivity contribution in [2.45, 2.75) is 24.5 Å². The number of fused-ring (bicyclic) bond motifs is 1. The molecule has 0 saturated heterocycles. The Balaban J connectivity index is 1.54. The Kier molecular flexibility index (Phi) is 5.67. The van der Waals surface area contributed by atoms with Gasteiger partial charge in [-0.2, -0.15) is 0 Å². The summed E-state index contributed by atoms with van der Waals surface area (Å²) >= 11 is 1.49. The lowest BCUT2D eigenvalue weighted by Gasteiger charge is -2.32. The topological polar surface area (TPSA) is 80.1 Å². The first-order valence-electron chi connectivity index (χ1n) is 9.47. The van der Waals surface area contributed by atoms with Crippen molar-refractivity contribution in [1.29, 1.82) is 0 Å². The van der Waals surface area contributed by atoms with Crippen LogP contribution in [0.1, 0.15) is 30.5 Å². The molecule has 1 N–H and O–H groups in total. The maximum absolute atomic E-state index is 12.9. The summed E-state index contributed by atoms with van der Waals surface area (Å²) in [6, 6.07) is 15.0. The zero-order chi connectivity index (χ0) is 21.1. The van der Waals surface area contributed by atoms with Crippen LogP contribution >= 0.6 is 11.8 Å². The molecule has 30 heavy (non-hydrogen) atoms. The average molecular weight is 420 g/mol. The van der Waals surface area contributed by atoms with Gasteiger partial charge >= 0.3 is 0 Å². The van der Waals surface area contributed by atoms with Gasteiger partial charge in [-0.05, 0) is 41.7 Å². The second kappa shape index (κ2) is 8.54. The van der Waals surface area contributed by atoms with Crippen LogP contribution in [0.15, 0.2) is 66.2 Å². The number of nitrogens with one attached hydrogen (secondary N) is 1. The molecular weight excluding hydrogens is 398 g/mol. The monoisotopic (exact) mass is 419 g/mol.